The van der Waals surface area contributed by atoms with Crippen molar-refractivity contribution in [3.63, 3.8) is 0 Å². The number of rotatable bonds is 2. The SMILES string of the molecule is CCc1cc2cccc(C#Cc3c[nH]c4ccccc34)c2c(=O)n1-c1ccccc1. The van der Waals surface area contributed by atoms with Gasteiger partial charge >= 0.3 is 0 Å². The Hall–Kier alpha value is -4.03. The van der Waals surface area contributed by atoms with E-state index in [0.717, 1.165) is 45.2 Å². The number of aromatic nitrogens is 2. The highest BCUT2D eigenvalue weighted by Crippen LogP contribution is 2.20. The highest BCUT2D eigenvalue weighted by molar-refractivity contribution is 5.89. The largest absolute Gasteiger partial charge is 0.360 e. The number of fused-ring (bicyclic) bond motifs is 2. The first-order chi connectivity index (χ1) is 14.8. The van der Waals surface area contributed by atoms with E-state index >= 15 is 0 Å². The van der Waals surface area contributed by atoms with Crippen molar-refractivity contribution in [3.8, 4) is 17.5 Å². The van der Waals surface area contributed by atoms with Crippen molar-refractivity contribution in [2.75, 3.05) is 0 Å². The second kappa shape index (κ2) is 7.42. The lowest BCUT2D eigenvalue weighted by atomic mass is 10.0. The van der Waals surface area contributed by atoms with E-state index in [9.17, 15) is 4.79 Å². The minimum Gasteiger partial charge on any atom is -0.360 e. The van der Waals surface area contributed by atoms with Crippen LogP contribution < -0.4 is 5.56 Å². The minimum absolute atomic E-state index is 0.0284. The van der Waals surface area contributed by atoms with E-state index in [1.165, 1.54) is 0 Å². The molecule has 3 heteroatoms. The lowest BCUT2D eigenvalue weighted by Crippen LogP contribution is -2.22. The first kappa shape index (κ1) is 18.0. The maximum absolute atomic E-state index is 13.6. The zero-order chi connectivity index (χ0) is 20.5. The number of hydrogen-bond acceptors (Lipinski definition) is 1. The van der Waals surface area contributed by atoms with E-state index in [-0.39, 0.29) is 5.56 Å². The number of aryl methyl sites for hydroxylation is 1. The number of nitrogens with one attached hydrogen (secondary N) is 1. The topological polar surface area (TPSA) is 37.8 Å². The third kappa shape index (κ3) is 3.00. The molecule has 0 atom stereocenters. The summed E-state index contributed by atoms with van der Waals surface area (Å²) in [5.41, 5.74) is 4.56. The maximum atomic E-state index is 13.6. The third-order valence-corrected chi connectivity index (χ3v) is 5.42. The molecule has 2 aromatic heterocycles. The molecule has 0 aliphatic rings. The fourth-order valence-corrected chi connectivity index (χ4v) is 3.95. The van der Waals surface area contributed by atoms with Gasteiger partial charge in [0.2, 0.25) is 0 Å². The maximum Gasteiger partial charge on any atom is 0.264 e. The van der Waals surface area contributed by atoms with Crippen LogP contribution >= 0.6 is 0 Å². The normalized spacial score (nSPS) is 10.8. The van der Waals surface area contributed by atoms with Crippen molar-refractivity contribution >= 4 is 21.7 Å². The smallest absolute Gasteiger partial charge is 0.264 e. The predicted molar refractivity (Wildman–Crippen MR) is 123 cm³/mol. The van der Waals surface area contributed by atoms with E-state index in [0.29, 0.717) is 5.39 Å². The minimum atomic E-state index is -0.0284. The van der Waals surface area contributed by atoms with Gasteiger partial charge in [-0.2, -0.15) is 0 Å². The summed E-state index contributed by atoms with van der Waals surface area (Å²) in [6.45, 7) is 2.07. The number of pyridine rings is 1. The zero-order valence-corrected chi connectivity index (χ0v) is 16.6. The molecule has 0 saturated carbocycles. The molecule has 0 unspecified atom stereocenters. The molecule has 0 aliphatic carbocycles. The fourth-order valence-electron chi connectivity index (χ4n) is 3.95. The van der Waals surface area contributed by atoms with Crippen molar-refractivity contribution in [2.24, 2.45) is 0 Å². The summed E-state index contributed by atoms with van der Waals surface area (Å²) < 4.78 is 1.80. The van der Waals surface area contributed by atoms with Crippen LogP contribution in [0.2, 0.25) is 0 Å². The third-order valence-electron chi connectivity index (χ3n) is 5.42. The van der Waals surface area contributed by atoms with Crippen LogP contribution in [-0.2, 0) is 6.42 Å². The van der Waals surface area contributed by atoms with Gasteiger partial charge in [-0.15, -0.1) is 0 Å². The Bertz CT molecular complexity index is 1490. The Morgan fingerprint density at radius 2 is 1.63 bits per heavy atom. The highest BCUT2D eigenvalue weighted by Gasteiger charge is 2.12. The van der Waals surface area contributed by atoms with Crippen molar-refractivity contribution in [2.45, 2.75) is 13.3 Å². The Labute approximate surface area is 174 Å². The summed E-state index contributed by atoms with van der Waals surface area (Å²) in [6, 6.07) is 25.9. The first-order valence-electron chi connectivity index (χ1n) is 10.1. The molecule has 3 nitrogen and oxygen atoms in total. The Balaban J connectivity index is 1.74. The van der Waals surface area contributed by atoms with Crippen LogP contribution in [0.3, 0.4) is 0 Å². The fraction of sp³-hybridized carbons (Fsp3) is 0.0741. The first-order valence-corrected chi connectivity index (χ1v) is 10.1. The predicted octanol–water partition coefficient (Wildman–Crippen LogP) is 5.43. The van der Waals surface area contributed by atoms with Gasteiger partial charge in [-0.1, -0.05) is 67.3 Å². The summed E-state index contributed by atoms with van der Waals surface area (Å²) in [7, 11) is 0. The quantitative estimate of drug-likeness (QED) is 0.402. The second-order valence-electron chi connectivity index (χ2n) is 7.23. The van der Waals surface area contributed by atoms with Crippen LogP contribution in [0, 0.1) is 11.8 Å². The molecule has 5 rings (SSSR count). The van der Waals surface area contributed by atoms with Gasteiger partial charge in [0.15, 0.2) is 0 Å². The number of nitrogens with zero attached hydrogens (tertiary/aromatic N) is 1. The van der Waals surface area contributed by atoms with Gasteiger partial charge in [-0.25, -0.2) is 0 Å². The average molecular weight is 388 g/mol. The van der Waals surface area contributed by atoms with Gasteiger partial charge in [0.25, 0.3) is 5.56 Å². The van der Waals surface area contributed by atoms with Gasteiger partial charge in [-0.3, -0.25) is 9.36 Å². The van der Waals surface area contributed by atoms with Crippen LogP contribution in [0.4, 0.5) is 0 Å². The lowest BCUT2D eigenvalue weighted by Gasteiger charge is -2.14. The molecule has 30 heavy (non-hydrogen) atoms. The van der Waals surface area contributed by atoms with Gasteiger partial charge in [0.05, 0.1) is 10.9 Å². The average Bonchev–Trinajstić information content (AvgIpc) is 3.21. The van der Waals surface area contributed by atoms with Crippen molar-refractivity contribution in [3.05, 3.63) is 112 Å². The van der Waals surface area contributed by atoms with Gasteiger partial charge in [0, 0.05) is 34.0 Å². The van der Waals surface area contributed by atoms with Gasteiger partial charge in [0.1, 0.15) is 0 Å². The molecule has 5 aromatic rings. The van der Waals surface area contributed by atoms with Crippen molar-refractivity contribution in [1.29, 1.82) is 0 Å². The highest BCUT2D eigenvalue weighted by atomic mass is 16.1. The molecular formula is C27H20N2O. The van der Waals surface area contributed by atoms with E-state index in [2.05, 4.69) is 35.9 Å². The monoisotopic (exact) mass is 388 g/mol. The summed E-state index contributed by atoms with van der Waals surface area (Å²) in [4.78, 5) is 16.8. The standard InChI is InChI=1S/C27H20N2O/c1-2-22-17-20-10-8-9-19(15-16-21-18-28-25-14-7-6-13-24(21)25)26(20)27(30)29(22)23-11-4-3-5-12-23/h3-14,17-18,28H,2H2,1H3. The Morgan fingerprint density at radius 1 is 0.867 bits per heavy atom. The summed E-state index contributed by atoms with van der Waals surface area (Å²) >= 11 is 0. The van der Waals surface area contributed by atoms with E-state index in [4.69, 9.17) is 0 Å². The lowest BCUT2D eigenvalue weighted by molar-refractivity contribution is 0.889. The number of para-hydroxylation sites is 2. The molecule has 0 radical (unpaired) electrons. The molecule has 0 fully saturated rings. The molecule has 0 aliphatic heterocycles. The number of benzene rings is 3. The zero-order valence-electron chi connectivity index (χ0n) is 16.6. The molecule has 144 valence electrons. The molecular weight excluding hydrogens is 368 g/mol. The van der Waals surface area contributed by atoms with E-state index < -0.39 is 0 Å². The van der Waals surface area contributed by atoms with Crippen LogP contribution in [-0.4, -0.2) is 9.55 Å². The van der Waals surface area contributed by atoms with Crippen molar-refractivity contribution < 1.29 is 0 Å². The van der Waals surface area contributed by atoms with Crippen molar-refractivity contribution in [1.82, 2.24) is 9.55 Å². The summed E-state index contributed by atoms with van der Waals surface area (Å²) in [5, 5.41) is 2.67. The number of H-pyrrole nitrogens is 1. The Kier molecular flexibility index (Phi) is 4.46. The summed E-state index contributed by atoms with van der Waals surface area (Å²) in [6.07, 6.45) is 2.69. The molecule has 0 saturated heterocycles. The van der Waals surface area contributed by atoms with E-state index in [1.807, 2.05) is 72.9 Å². The van der Waals surface area contributed by atoms with Crippen LogP contribution in [0.1, 0.15) is 23.7 Å². The molecule has 3 aromatic carbocycles. The van der Waals surface area contributed by atoms with Gasteiger partial charge in [-0.05, 0) is 42.1 Å². The molecule has 1 N–H and O–H groups in total. The second-order valence-corrected chi connectivity index (χ2v) is 7.23. The van der Waals surface area contributed by atoms with Gasteiger partial charge < -0.3 is 4.98 Å². The summed E-state index contributed by atoms with van der Waals surface area (Å²) in [5.74, 6) is 6.52. The van der Waals surface area contributed by atoms with E-state index in [1.54, 1.807) is 4.57 Å². The molecule has 2 heterocycles. The molecule has 0 bridgehead atoms. The van der Waals surface area contributed by atoms with Crippen LogP contribution in [0.5, 0.6) is 0 Å². The number of aromatic amines is 1. The molecule has 0 amide bonds. The van der Waals surface area contributed by atoms with Crippen LogP contribution in [0.15, 0.2) is 89.9 Å². The van der Waals surface area contributed by atoms with Crippen LogP contribution in [0.25, 0.3) is 27.4 Å². The Morgan fingerprint density at radius 3 is 2.47 bits per heavy atom. The number of hydrogen-bond donors (Lipinski definition) is 1. The molecule has 0 spiro atoms.